The highest BCUT2D eigenvalue weighted by molar-refractivity contribution is 8.00. The van der Waals surface area contributed by atoms with Crippen LogP contribution in [0.5, 0.6) is 11.5 Å². The molecule has 5 rings (SSSR count). The van der Waals surface area contributed by atoms with Crippen LogP contribution >= 0.6 is 11.8 Å². The monoisotopic (exact) mass is 463 g/mol. The Morgan fingerprint density at radius 3 is 2.73 bits per heavy atom. The van der Waals surface area contributed by atoms with Gasteiger partial charge in [-0.3, -0.25) is 24.6 Å². The van der Waals surface area contributed by atoms with Gasteiger partial charge in [-0.1, -0.05) is 18.2 Å². The van der Waals surface area contributed by atoms with E-state index in [-0.39, 0.29) is 29.3 Å². The minimum absolute atomic E-state index is 0.0325. The van der Waals surface area contributed by atoms with Gasteiger partial charge in [0.1, 0.15) is 5.37 Å². The molecule has 2 amide bonds. The normalized spacial score (nSPS) is 16.7. The second-order valence-electron chi connectivity index (χ2n) is 7.35. The first-order valence-electron chi connectivity index (χ1n) is 9.99. The van der Waals surface area contributed by atoms with Gasteiger partial charge in [0, 0.05) is 35.1 Å². The molecule has 0 spiro atoms. The summed E-state index contributed by atoms with van der Waals surface area (Å²) in [4.78, 5) is 37.5. The predicted octanol–water partition coefficient (Wildman–Crippen LogP) is 4.35. The average molecular weight is 463 g/mol. The molecule has 2 heterocycles. The predicted molar refractivity (Wildman–Crippen MR) is 123 cm³/mol. The topological polar surface area (TPSA) is 111 Å². The van der Waals surface area contributed by atoms with E-state index in [2.05, 4.69) is 5.32 Å². The Morgan fingerprint density at radius 2 is 1.88 bits per heavy atom. The maximum absolute atomic E-state index is 12.7. The maximum Gasteiger partial charge on any atom is 0.270 e. The Labute approximate surface area is 192 Å². The molecule has 1 N–H and O–H groups in total. The van der Waals surface area contributed by atoms with Gasteiger partial charge < -0.3 is 14.8 Å². The number of hydrogen-bond acceptors (Lipinski definition) is 7. The molecular weight excluding hydrogens is 446 g/mol. The number of amides is 2. The molecule has 10 heteroatoms. The van der Waals surface area contributed by atoms with Crippen LogP contribution in [0, 0.1) is 10.1 Å². The fraction of sp³-hybridized carbons (Fsp3) is 0.130. The quantitative estimate of drug-likeness (QED) is 0.442. The number of benzene rings is 3. The van der Waals surface area contributed by atoms with E-state index in [0.29, 0.717) is 28.6 Å². The number of carbonyl (C=O) groups is 2. The zero-order valence-corrected chi connectivity index (χ0v) is 17.9. The number of nitrogens with zero attached hydrogens (tertiary/aromatic N) is 2. The lowest BCUT2D eigenvalue weighted by Crippen LogP contribution is -2.27. The second-order valence-corrected chi connectivity index (χ2v) is 8.42. The van der Waals surface area contributed by atoms with E-state index in [1.54, 1.807) is 35.2 Å². The lowest BCUT2D eigenvalue weighted by atomic mass is 10.1. The van der Waals surface area contributed by atoms with E-state index in [1.165, 1.54) is 36.0 Å². The van der Waals surface area contributed by atoms with Crippen LogP contribution in [0.3, 0.4) is 0 Å². The summed E-state index contributed by atoms with van der Waals surface area (Å²) < 4.78 is 10.8. The van der Waals surface area contributed by atoms with Gasteiger partial charge in [0.15, 0.2) is 11.5 Å². The number of non-ortho nitro benzene ring substituents is 1. The van der Waals surface area contributed by atoms with Crippen LogP contribution in [0.25, 0.3) is 0 Å². The van der Waals surface area contributed by atoms with Gasteiger partial charge in [-0.25, -0.2) is 0 Å². The van der Waals surface area contributed by atoms with Crippen molar-refractivity contribution in [2.75, 3.05) is 22.8 Å². The third kappa shape index (κ3) is 4.08. The van der Waals surface area contributed by atoms with Crippen molar-refractivity contribution in [3.05, 3.63) is 88.0 Å². The lowest BCUT2D eigenvalue weighted by molar-refractivity contribution is -0.384. The molecule has 0 radical (unpaired) electrons. The SMILES string of the molecule is O=C(Nc1cccc([C@H]2SCC(=O)N2c2ccc3c(c2)OCO3)c1)c1cccc([N+](=O)[O-])c1. The molecule has 0 unspecified atom stereocenters. The lowest BCUT2D eigenvalue weighted by Gasteiger charge is -2.25. The Balaban J connectivity index is 1.39. The van der Waals surface area contributed by atoms with Crippen LogP contribution in [0.1, 0.15) is 21.3 Å². The second kappa shape index (κ2) is 8.47. The highest BCUT2D eigenvalue weighted by atomic mass is 32.2. The van der Waals surface area contributed by atoms with Crippen molar-refractivity contribution in [2.24, 2.45) is 0 Å². The highest BCUT2D eigenvalue weighted by Gasteiger charge is 2.35. The number of hydrogen-bond donors (Lipinski definition) is 1. The van der Waals surface area contributed by atoms with Crippen molar-refractivity contribution in [3.8, 4) is 11.5 Å². The summed E-state index contributed by atoms with van der Waals surface area (Å²) in [6, 6.07) is 18.1. The number of ether oxygens (including phenoxy) is 2. The minimum Gasteiger partial charge on any atom is -0.454 e. The maximum atomic E-state index is 12.7. The summed E-state index contributed by atoms with van der Waals surface area (Å²) in [6.07, 6.45) is 0. The molecule has 0 saturated carbocycles. The number of fused-ring (bicyclic) bond motifs is 1. The smallest absolute Gasteiger partial charge is 0.270 e. The number of anilines is 2. The van der Waals surface area contributed by atoms with E-state index in [0.717, 1.165) is 5.56 Å². The van der Waals surface area contributed by atoms with E-state index in [4.69, 9.17) is 9.47 Å². The molecule has 3 aromatic carbocycles. The van der Waals surface area contributed by atoms with Crippen molar-refractivity contribution in [1.29, 1.82) is 0 Å². The van der Waals surface area contributed by atoms with Crippen LogP contribution < -0.4 is 19.7 Å². The molecule has 1 fully saturated rings. The molecule has 33 heavy (non-hydrogen) atoms. The number of rotatable bonds is 5. The van der Waals surface area contributed by atoms with Crippen molar-refractivity contribution in [2.45, 2.75) is 5.37 Å². The molecule has 0 bridgehead atoms. The largest absolute Gasteiger partial charge is 0.454 e. The Morgan fingerprint density at radius 1 is 1.06 bits per heavy atom. The molecule has 2 aliphatic heterocycles. The van der Waals surface area contributed by atoms with Crippen molar-refractivity contribution in [3.63, 3.8) is 0 Å². The van der Waals surface area contributed by atoms with Gasteiger partial charge in [0.25, 0.3) is 11.6 Å². The van der Waals surface area contributed by atoms with E-state index in [9.17, 15) is 19.7 Å². The molecule has 1 atom stereocenters. The van der Waals surface area contributed by atoms with Gasteiger partial charge >= 0.3 is 0 Å². The van der Waals surface area contributed by atoms with Gasteiger partial charge in [-0.05, 0) is 35.9 Å². The third-order valence-corrected chi connectivity index (χ3v) is 6.46. The molecule has 2 aliphatic rings. The molecule has 0 aliphatic carbocycles. The number of nitro groups is 1. The van der Waals surface area contributed by atoms with Crippen LogP contribution in [0.2, 0.25) is 0 Å². The first-order valence-corrected chi connectivity index (χ1v) is 11.0. The average Bonchev–Trinajstić information content (AvgIpc) is 3.45. The van der Waals surface area contributed by atoms with Crippen molar-refractivity contribution in [1.82, 2.24) is 0 Å². The first kappa shape index (κ1) is 20.8. The standard InChI is InChI=1S/C23H17N3O6S/c27-21-12-33-23(25(21)17-7-8-19-20(11-17)32-13-31-19)15-4-1-5-16(9-15)24-22(28)14-3-2-6-18(10-14)26(29)30/h1-11,23H,12-13H2,(H,24,28)/t23-/m1/s1. The number of thioether (sulfide) groups is 1. The number of nitrogens with one attached hydrogen (secondary N) is 1. The van der Waals surface area contributed by atoms with E-state index >= 15 is 0 Å². The molecule has 166 valence electrons. The summed E-state index contributed by atoms with van der Waals surface area (Å²) in [6.45, 7) is 0.150. The molecule has 0 aromatic heterocycles. The van der Waals surface area contributed by atoms with Crippen LogP contribution in [-0.2, 0) is 4.79 Å². The Kier molecular flexibility index (Phi) is 5.35. The first-order chi connectivity index (χ1) is 16.0. The molecular formula is C23H17N3O6S. The molecule has 1 saturated heterocycles. The van der Waals surface area contributed by atoms with Gasteiger partial charge in [0.2, 0.25) is 12.7 Å². The highest BCUT2D eigenvalue weighted by Crippen LogP contribution is 2.45. The minimum atomic E-state index is -0.545. The number of nitro benzene ring substituents is 1. The van der Waals surface area contributed by atoms with Crippen molar-refractivity contribution < 1.29 is 24.0 Å². The zero-order chi connectivity index (χ0) is 22.9. The van der Waals surface area contributed by atoms with E-state index in [1.807, 2.05) is 12.1 Å². The summed E-state index contributed by atoms with van der Waals surface area (Å²) >= 11 is 1.49. The zero-order valence-electron chi connectivity index (χ0n) is 17.1. The summed E-state index contributed by atoms with van der Waals surface area (Å²) in [5.74, 6) is 1.06. The summed E-state index contributed by atoms with van der Waals surface area (Å²) in [5, 5.41) is 13.5. The number of carbonyl (C=O) groups excluding carboxylic acids is 2. The van der Waals surface area contributed by atoms with Crippen LogP contribution in [0.15, 0.2) is 66.7 Å². The molecule has 9 nitrogen and oxygen atoms in total. The summed E-state index contributed by atoms with van der Waals surface area (Å²) in [7, 11) is 0. The van der Waals surface area contributed by atoms with Gasteiger partial charge in [-0.15, -0.1) is 11.8 Å². The Hall–Kier alpha value is -4.05. The fourth-order valence-corrected chi connectivity index (χ4v) is 4.89. The Bertz CT molecular complexity index is 1280. The van der Waals surface area contributed by atoms with Crippen molar-refractivity contribution >= 4 is 40.6 Å². The van der Waals surface area contributed by atoms with Crippen LogP contribution in [0.4, 0.5) is 17.1 Å². The van der Waals surface area contributed by atoms with E-state index < -0.39 is 10.8 Å². The van der Waals surface area contributed by atoms with Gasteiger partial charge in [0.05, 0.1) is 10.7 Å². The summed E-state index contributed by atoms with van der Waals surface area (Å²) in [5.41, 5.74) is 2.08. The van der Waals surface area contributed by atoms with Gasteiger partial charge in [-0.2, -0.15) is 0 Å². The third-order valence-electron chi connectivity index (χ3n) is 5.25. The molecule has 3 aromatic rings. The van der Waals surface area contributed by atoms with Crippen LogP contribution in [-0.4, -0.2) is 29.3 Å². The fourth-order valence-electron chi connectivity index (χ4n) is 3.72.